The molecule has 2 atom stereocenters. The van der Waals surface area contributed by atoms with Crippen LogP contribution in [-0.4, -0.2) is 21.8 Å². The van der Waals surface area contributed by atoms with Crippen LogP contribution in [0.4, 0.5) is 10.1 Å². The Kier molecular flexibility index (Phi) is 5.68. The first-order valence-electron chi connectivity index (χ1n) is 7.90. The molecule has 0 aliphatic carbocycles. The number of hydrogen-bond acceptors (Lipinski definition) is 4. The fourth-order valence-corrected chi connectivity index (χ4v) is 4.32. The minimum Gasteiger partial charge on any atom is -0.378 e. The van der Waals surface area contributed by atoms with Crippen molar-refractivity contribution >= 4 is 50.1 Å². The van der Waals surface area contributed by atoms with Crippen LogP contribution in [-0.2, 0) is 13.0 Å². The molecule has 3 aromatic heterocycles. The molecule has 25 heavy (non-hydrogen) atoms. The van der Waals surface area contributed by atoms with E-state index in [2.05, 4.69) is 32.4 Å². The minimum atomic E-state index is -1.08. The molecule has 0 bridgehead atoms. The Morgan fingerprint density at radius 3 is 2.92 bits per heavy atom. The number of aromatic nitrogens is 2. The summed E-state index contributed by atoms with van der Waals surface area (Å²) in [7, 11) is 0. The molecular weight excluding hydrogens is 427 g/mol. The molecule has 3 heterocycles. The summed E-state index contributed by atoms with van der Waals surface area (Å²) in [6, 6.07) is 5.34. The summed E-state index contributed by atoms with van der Waals surface area (Å²) in [5, 5.41) is 10.2. The van der Waals surface area contributed by atoms with Crippen molar-refractivity contribution in [2.45, 2.75) is 39.0 Å². The molecule has 0 aliphatic rings. The van der Waals surface area contributed by atoms with Crippen molar-refractivity contribution in [2.24, 2.45) is 5.73 Å². The van der Waals surface area contributed by atoms with Crippen LogP contribution in [0.25, 0.3) is 5.52 Å². The first kappa shape index (κ1) is 18.6. The molecule has 3 aromatic rings. The van der Waals surface area contributed by atoms with Crippen LogP contribution in [0.5, 0.6) is 0 Å². The molecule has 0 amide bonds. The normalized spacial score (nSPS) is 14.0. The number of aryl methyl sites for hydroxylation is 1. The van der Waals surface area contributed by atoms with Gasteiger partial charge in [-0.15, -0.1) is 11.3 Å². The van der Waals surface area contributed by atoms with Gasteiger partial charge in [0.2, 0.25) is 0 Å². The monoisotopic (exact) mass is 444 g/mol. The number of nitrogens with one attached hydrogen (secondary N) is 1. The molecule has 0 aliphatic heterocycles. The van der Waals surface area contributed by atoms with Crippen molar-refractivity contribution in [3.8, 4) is 0 Å². The van der Waals surface area contributed by atoms with Crippen molar-refractivity contribution < 1.29 is 4.39 Å². The third kappa shape index (κ3) is 3.84. The average molecular weight is 446 g/mol. The maximum Gasteiger partial charge on any atom is 0.152 e. The van der Waals surface area contributed by atoms with E-state index in [0.717, 1.165) is 26.9 Å². The number of hydrogen-bond donors (Lipinski definition) is 2. The van der Waals surface area contributed by atoms with Gasteiger partial charge in [-0.1, -0.05) is 17.7 Å². The van der Waals surface area contributed by atoms with Crippen LogP contribution in [0.15, 0.2) is 28.2 Å². The average Bonchev–Trinajstić information content (AvgIpc) is 3.15. The smallest absolute Gasteiger partial charge is 0.152 e. The molecule has 4 nitrogen and oxygen atoms in total. The van der Waals surface area contributed by atoms with Gasteiger partial charge in [0.05, 0.1) is 11.2 Å². The number of thiophene rings is 1. The molecule has 134 valence electrons. The van der Waals surface area contributed by atoms with E-state index < -0.39 is 12.2 Å². The van der Waals surface area contributed by atoms with E-state index in [0.29, 0.717) is 18.1 Å². The van der Waals surface area contributed by atoms with Crippen LogP contribution < -0.4 is 11.1 Å². The molecular formula is C17H19BrClFN4S. The number of halogens is 3. The van der Waals surface area contributed by atoms with Crippen LogP contribution in [0, 0.1) is 6.92 Å². The predicted molar refractivity (Wildman–Crippen MR) is 107 cm³/mol. The van der Waals surface area contributed by atoms with Gasteiger partial charge < -0.3 is 11.1 Å². The van der Waals surface area contributed by atoms with Crippen LogP contribution >= 0.6 is 38.9 Å². The molecule has 0 saturated heterocycles. The van der Waals surface area contributed by atoms with Gasteiger partial charge in [0, 0.05) is 23.5 Å². The van der Waals surface area contributed by atoms with Gasteiger partial charge in [0.1, 0.15) is 10.8 Å². The zero-order valence-electron chi connectivity index (χ0n) is 13.9. The zero-order valence-corrected chi connectivity index (χ0v) is 17.1. The lowest BCUT2D eigenvalue weighted by Crippen LogP contribution is -2.31. The van der Waals surface area contributed by atoms with E-state index >= 15 is 0 Å². The Bertz CT molecular complexity index is 879. The van der Waals surface area contributed by atoms with Gasteiger partial charge in [0.25, 0.3) is 0 Å². The van der Waals surface area contributed by atoms with Gasteiger partial charge in [0.15, 0.2) is 5.15 Å². The molecule has 0 saturated carbocycles. The van der Waals surface area contributed by atoms with Gasteiger partial charge in [-0.25, -0.2) is 8.91 Å². The summed E-state index contributed by atoms with van der Waals surface area (Å²) >= 11 is 11.5. The van der Waals surface area contributed by atoms with E-state index in [1.165, 1.54) is 11.8 Å². The number of nitrogens with two attached hydrogens (primary N) is 1. The zero-order chi connectivity index (χ0) is 18.1. The second-order valence-electron chi connectivity index (χ2n) is 6.01. The first-order valence-corrected chi connectivity index (χ1v) is 9.95. The lowest BCUT2D eigenvalue weighted by Gasteiger charge is -2.12. The highest BCUT2D eigenvalue weighted by molar-refractivity contribution is 9.10. The molecule has 0 radical (unpaired) electrons. The highest BCUT2D eigenvalue weighted by Crippen LogP contribution is 2.34. The van der Waals surface area contributed by atoms with Crippen molar-refractivity contribution in [1.82, 2.24) is 9.61 Å². The molecule has 0 spiro atoms. The molecule has 0 fully saturated rings. The molecule has 8 heteroatoms. The lowest BCUT2D eigenvalue weighted by atomic mass is 10.0. The first-order chi connectivity index (χ1) is 11.9. The van der Waals surface area contributed by atoms with Crippen molar-refractivity contribution in [2.75, 3.05) is 5.32 Å². The fourth-order valence-electron chi connectivity index (χ4n) is 2.77. The standard InChI is InChI=1S/C17H19BrClFN4S/c1-9-12(6-13(21)10(2)20)17(18)24-16(9)14(7-15(19)23-24)22-8-11-4-3-5-25-11/h3-5,7,10,13,22H,6,8,21H2,1-2H3/t10-,13+/m0/s1. The topological polar surface area (TPSA) is 55.4 Å². The van der Waals surface area contributed by atoms with Gasteiger partial charge in [-0.2, -0.15) is 5.10 Å². The van der Waals surface area contributed by atoms with Crippen molar-refractivity contribution in [3.05, 3.63) is 49.3 Å². The molecule has 3 rings (SSSR count). The van der Waals surface area contributed by atoms with E-state index in [4.69, 9.17) is 17.3 Å². The van der Waals surface area contributed by atoms with Crippen molar-refractivity contribution in [3.63, 3.8) is 0 Å². The van der Waals surface area contributed by atoms with Gasteiger partial charge in [-0.05, 0) is 58.8 Å². The predicted octanol–water partition coefficient (Wildman–Crippen LogP) is 4.96. The summed E-state index contributed by atoms with van der Waals surface area (Å²) < 4.78 is 16.0. The van der Waals surface area contributed by atoms with E-state index in [-0.39, 0.29) is 0 Å². The Morgan fingerprint density at radius 1 is 1.52 bits per heavy atom. The molecule has 0 aromatic carbocycles. The van der Waals surface area contributed by atoms with E-state index in [1.807, 2.05) is 24.4 Å². The number of alkyl halides is 1. The Morgan fingerprint density at radius 2 is 2.28 bits per heavy atom. The Hall–Kier alpha value is -1.15. The second-order valence-corrected chi connectivity index (χ2v) is 8.18. The third-order valence-electron chi connectivity index (χ3n) is 4.23. The molecule has 3 N–H and O–H groups in total. The number of rotatable bonds is 6. The minimum absolute atomic E-state index is 0.381. The van der Waals surface area contributed by atoms with E-state index in [9.17, 15) is 4.39 Å². The maximum atomic E-state index is 13.5. The van der Waals surface area contributed by atoms with Crippen molar-refractivity contribution in [1.29, 1.82) is 0 Å². The Balaban J connectivity index is 2.02. The molecule has 0 unspecified atom stereocenters. The highest BCUT2D eigenvalue weighted by atomic mass is 79.9. The third-order valence-corrected chi connectivity index (χ3v) is 6.11. The van der Waals surface area contributed by atoms with E-state index in [1.54, 1.807) is 15.9 Å². The number of nitrogens with zero attached hydrogens (tertiary/aromatic N) is 2. The SMILES string of the molecule is Cc1c(C[C@@H](N)[C@H](C)F)c(Br)n2nc(Cl)cc(NCc3cccs3)c12. The largest absolute Gasteiger partial charge is 0.378 e. The summed E-state index contributed by atoms with van der Waals surface area (Å²) in [5.74, 6) is 0. The fraction of sp³-hybridized carbons (Fsp3) is 0.353. The highest BCUT2D eigenvalue weighted by Gasteiger charge is 2.22. The quantitative estimate of drug-likeness (QED) is 0.564. The lowest BCUT2D eigenvalue weighted by molar-refractivity contribution is 0.304. The second kappa shape index (κ2) is 7.61. The van der Waals surface area contributed by atoms with Gasteiger partial charge >= 0.3 is 0 Å². The maximum absolute atomic E-state index is 13.5. The summed E-state index contributed by atoms with van der Waals surface area (Å²) in [4.78, 5) is 1.22. The summed E-state index contributed by atoms with van der Waals surface area (Å²) in [5.41, 5.74) is 9.70. The van der Waals surface area contributed by atoms with Crippen LogP contribution in [0.3, 0.4) is 0 Å². The number of fused-ring (bicyclic) bond motifs is 1. The van der Waals surface area contributed by atoms with Crippen LogP contribution in [0.1, 0.15) is 22.9 Å². The Labute approximate surface area is 163 Å². The van der Waals surface area contributed by atoms with Crippen LogP contribution in [0.2, 0.25) is 5.15 Å². The summed E-state index contributed by atoms with van der Waals surface area (Å²) in [6.45, 7) is 4.18. The number of anilines is 1. The van der Waals surface area contributed by atoms with Gasteiger partial charge in [-0.3, -0.25) is 0 Å². The summed E-state index contributed by atoms with van der Waals surface area (Å²) in [6.07, 6.45) is -0.655.